The molecule has 1 aromatic rings. The molecule has 3 nitrogen and oxygen atoms in total. The fourth-order valence-corrected chi connectivity index (χ4v) is 1.52. The van der Waals surface area contributed by atoms with E-state index in [4.69, 9.17) is 4.74 Å². The van der Waals surface area contributed by atoms with Crippen LogP contribution in [0.5, 0.6) is 5.75 Å². The van der Waals surface area contributed by atoms with Crippen molar-refractivity contribution in [2.24, 2.45) is 0 Å². The molecule has 0 aliphatic rings. The Morgan fingerprint density at radius 3 is 2.61 bits per heavy atom. The molecule has 0 unspecified atom stereocenters. The van der Waals surface area contributed by atoms with E-state index in [9.17, 15) is 18.0 Å². The average Bonchev–Trinajstić information content (AvgIpc) is 2.28. The Balaban J connectivity index is 2.38. The zero-order chi connectivity index (χ0) is 13.6. The van der Waals surface area contributed by atoms with Gasteiger partial charge in [-0.3, -0.25) is 4.79 Å². The fraction of sp³-hybridized carbons (Fsp3) is 0.364. The van der Waals surface area contributed by atoms with Crippen molar-refractivity contribution in [1.29, 1.82) is 0 Å². The molecule has 0 N–H and O–H groups in total. The summed E-state index contributed by atoms with van der Waals surface area (Å²) in [4.78, 5) is 10.7. The van der Waals surface area contributed by atoms with Crippen molar-refractivity contribution >= 4 is 22.2 Å². The average molecular weight is 327 g/mol. The smallest absolute Gasteiger partial charge is 0.411 e. The van der Waals surface area contributed by atoms with Gasteiger partial charge in [-0.2, -0.15) is 13.2 Å². The number of hydrogen-bond donors (Lipinski definition) is 0. The van der Waals surface area contributed by atoms with Crippen molar-refractivity contribution < 1.29 is 27.4 Å². The first-order valence-corrected chi connectivity index (χ1v) is 5.74. The van der Waals surface area contributed by atoms with Crippen LogP contribution in [0.1, 0.15) is 10.4 Å². The minimum atomic E-state index is -4.34. The van der Waals surface area contributed by atoms with Gasteiger partial charge < -0.3 is 9.47 Å². The Kier molecular flexibility index (Phi) is 5.61. The highest BCUT2D eigenvalue weighted by atomic mass is 79.9. The summed E-state index contributed by atoms with van der Waals surface area (Å²) < 4.78 is 45.5. The highest BCUT2D eigenvalue weighted by Crippen LogP contribution is 2.21. The van der Waals surface area contributed by atoms with Gasteiger partial charge in [-0.15, -0.1) is 0 Å². The Labute approximate surface area is 110 Å². The lowest BCUT2D eigenvalue weighted by Gasteiger charge is -2.10. The van der Waals surface area contributed by atoms with Crippen LogP contribution >= 0.6 is 15.9 Å². The highest BCUT2D eigenvalue weighted by molar-refractivity contribution is 9.10. The first-order valence-electron chi connectivity index (χ1n) is 4.94. The highest BCUT2D eigenvalue weighted by Gasteiger charge is 2.27. The van der Waals surface area contributed by atoms with Gasteiger partial charge in [0, 0.05) is 4.47 Å². The molecule has 1 rings (SSSR count). The van der Waals surface area contributed by atoms with Gasteiger partial charge in [-0.05, 0) is 18.2 Å². The van der Waals surface area contributed by atoms with E-state index in [1.807, 2.05) is 0 Å². The second-order valence-corrected chi connectivity index (χ2v) is 4.23. The van der Waals surface area contributed by atoms with E-state index in [2.05, 4.69) is 20.7 Å². The van der Waals surface area contributed by atoms with Crippen LogP contribution in [0.4, 0.5) is 13.2 Å². The number of hydrogen-bond acceptors (Lipinski definition) is 3. The predicted molar refractivity (Wildman–Crippen MR) is 61.9 cm³/mol. The van der Waals surface area contributed by atoms with Crippen LogP contribution in [0.25, 0.3) is 0 Å². The van der Waals surface area contributed by atoms with Crippen LogP contribution in [-0.2, 0) is 4.74 Å². The van der Waals surface area contributed by atoms with Gasteiger partial charge >= 0.3 is 6.18 Å². The third-order valence-corrected chi connectivity index (χ3v) is 2.34. The summed E-state index contributed by atoms with van der Waals surface area (Å²) in [5, 5.41) is 0. The number of ether oxygens (including phenoxy) is 2. The number of halogens is 4. The van der Waals surface area contributed by atoms with Gasteiger partial charge in [0.25, 0.3) is 0 Å². The third kappa shape index (κ3) is 5.50. The van der Waals surface area contributed by atoms with E-state index in [1.165, 1.54) is 0 Å². The largest absolute Gasteiger partial charge is 0.490 e. The summed E-state index contributed by atoms with van der Waals surface area (Å²) in [5.74, 6) is 0.309. The molecule has 0 spiro atoms. The van der Waals surface area contributed by atoms with Crippen molar-refractivity contribution in [2.45, 2.75) is 6.18 Å². The maximum Gasteiger partial charge on any atom is 0.411 e. The van der Waals surface area contributed by atoms with Gasteiger partial charge in [-0.25, -0.2) is 0 Å². The van der Waals surface area contributed by atoms with Crippen LogP contribution in [0, 0.1) is 0 Å². The Morgan fingerprint density at radius 1 is 1.28 bits per heavy atom. The zero-order valence-corrected chi connectivity index (χ0v) is 10.8. The maximum absolute atomic E-state index is 11.8. The molecule has 0 bridgehead atoms. The fourth-order valence-electron chi connectivity index (χ4n) is 1.14. The second kappa shape index (κ2) is 6.75. The third-order valence-electron chi connectivity index (χ3n) is 1.85. The van der Waals surface area contributed by atoms with Crippen molar-refractivity contribution in [1.82, 2.24) is 0 Å². The molecule has 18 heavy (non-hydrogen) atoms. The van der Waals surface area contributed by atoms with Crippen molar-refractivity contribution in [3.63, 3.8) is 0 Å². The molecule has 0 amide bonds. The number of alkyl halides is 3. The zero-order valence-electron chi connectivity index (χ0n) is 9.17. The van der Waals surface area contributed by atoms with Crippen molar-refractivity contribution in [2.75, 3.05) is 19.8 Å². The van der Waals surface area contributed by atoms with E-state index in [1.54, 1.807) is 18.2 Å². The molecule has 0 radical (unpaired) electrons. The van der Waals surface area contributed by atoms with Crippen LogP contribution in [0.2, 0.25) is 0 Å². The van der Waals surface area contributed by atoms with Gasteiger partial charge in [-0.1, -0.05) is 15.9 Å². The molecule has 7 heteroatoms. The van der Waals surface area contributed by atoms with Gasteiger partial charge in [0.05, 0.1) is 12.2 Å². The molecule has 0 aromatic heterocycles. The number of benzene rings is 1. The summed E-state index contributed by atoms with van der Waals surface area (Å²) >= 11 is 3.19. The van der Waals surface area contributed by atoms with Crippen LogP contribution in [0.3, 0.4) is 0 Å². The molecule has 0 fully saturated rings. The molecular weight excluding hydrogens is 317 g/mol. The number of carbonyl (C=O) groups is 1. The molecule has 0 aliphatic carbocycles. The molecular formula is C11H10BrF3O3. The number of rotatable bonds is 6. The quantitative estimate of drug-likeness (QED) is 0.594. The summed E-state index contributed by atoms with van der Waals surface area (Å²) in [6.45, 7) is -1.57. The SMILES string of the molecule is O=Cc1cc(Br)ccc1OCCOCC(F)(F)F. The summed E-state index contributed by atoms with van der Waals surface area (Å²) in [5.41, 5.74) is 0.320. The molecule has 0 saturated heterocycles. The van der Waals surface area contributed by atoms with E-state index in [-0.39, 0.29) is 13.2 Å². The summed E-state index contributed by atoms with van der Waals surface area (Å²) in [6.07, 6.45) is -3.73. The molecule has 0 aliphatic heterocycles. The number of carbonyl (C=O) groups excluding carboxylic acids is 1. The van der Waals surface area contributed by atoms with E-state index in [0.717, 1.165) is 0 Å². The second-order valence-electron chi connectivity index (χ2n) is 3.32. The first-order chi connectivity index (χ1) is 8.42. The molecule has 0 saturated carbocycles. The topological polar surface area (TPSA) is 35.5 Å². The normalized spacial score (nSPS) is 11.3. The molecule has 0 heterocycles. The molecule has 100 valence electrons. The van der Waals surface area contributed by atoms with Crippen LogP contribution in [0.15, 0.2) is 22.7 Å². The number of aldehydes is 1. The van der Waals surface area contributed by atoms with E-state index >= 15 is 0 Å². The standard InChI is InChI=1S/C11H10BrF3O3/c12-9-1-2-10(8(5-9)6-16)18-4-3-17-7-11(13,14)15/h1-2,5-6H,3-4,7H2. The Hall–Kier alpha value is -1.08. The predicted octanol–water partition coefficient (Wildman–Crippen LogP) is 3.22. The lowest BCUT2D eigenvalue weighted by atomic mass is 10.2. The molecule has 1 aromatic carbocycles. The van der Waals surface area contributed by atoms with Gasteiger partial charge in [0.2, 0.25) is 0 Å². The minimum absolute atomic E-state index is 0.0570. The minimum Gasteiger partial charge on any atom is -0.490 e. The van der Waals surface area contributed by atoms with Crippen LogP contribution < -0.4 is 4.74 Å². The van der Waals surface area contributed by atoms with E-state index < -0.39 is 12.8 Å². The summed E-state index contributed by atoms with van der Waals surface area (Å²) in [7, 11) is 0. The Bertz CT molecular complexity index is 407. The van der Waals surface area contributed by atoms with E-state index in [0.29, 0.717) is 22.1 Å². The molecule has 0 atom stereocenters. The van der Waals surface area contributed by atoms with Gasteiger partial charge in [0.15, 0.2) is 6.29 Å². The van der Waals surface area contributed by atoms with Crippen molar-refractivity contribution in [3.8, 4) is 5.75 Å². The summed E-state index contributed by atoms with van der Waals surface area (Å²) in [6, 6.07) is 4.77. The monoisotopic (exact) mass is 326 g/mol. The lowest BCUT2D eigenvalue weighted by molar-refractivity contribution is -0.175. The van der Waals surface area contributed by atoms with Gasteiger partial charge in [0.1, 0.15) is 19.0 Å². The van der Waals surface area contributed by atoms with Crippen molar-refractivity contribution in [3.05, 3.63) is 28.2 Å². The maximum atomic E-state index is 11.8. The first kappa shape index (κ1) is 15.0. The lowest BCUT2D eigenvalue weighted by Crippen LogP contribution is -2.19. The Morgan fingerprint density at radius 2 is 2.00 bits per heavy atom. The van der Waals surface area contributed by atoms with Crippen LogP contribution in [-0.4, -0.2) is 32.3 Å².